The Morgan fingerprint density at radius 3 is 2.64 bits per heavy atom. The number of nitrogens with one attached hydrogen (secondary N) is 1. The van der Waals surface area contributed by atoms with E-state index in [-0.39, 0.29) is 10.9 Å². The monoisotopic (exact) mass is 318 g/mol. The quantitative estimate of drug-likeness (QED) is 0.902. The molecule has 1 aromatic carbocycles. The topological polar surface area (TPSA) is 79.3 Å². The van der Waals surface area contributed by atoms with Crippen LogP contribution in [-0.2, 0) is 10.0 Å². The Balaban J connectivity index is 2.02. The maximum Gasteiger partial charge on any atom is 0.241 e. The highest BCUT2D eigenvalue weighted by Crippen LogP contribution is 2.31. The van der Waals surface area contributed by atoms with Crippen molar-refractivity contribution in [2.75, 3.05) is 0 Å². The summed E-state index contributed by atoms with van der Waals surface area (Å²) in [5, 5.41) is 9.32. The molecule has 0 spiro atoms. The van der Waals surface area contributed by atoms with Crippen LogP contribution in [0.1, 0.15) is 18.4 Å². The Kier molecular flexibility index (Phi) is 3.99. The van der Waals surface area contributed by atoms with Crippen molar-refractivity contribution in [3.63, 3.8) is 0 Å². The summed E-state index contributed by atoms with van der Waals surface area (Å²) in [5.41, 5.74) is 2.32. The van der Waals surface area contributed by atoms with Gasteiger partial charge in [0.25, 0.3) is 0 Å². The maximum absolute atomic E-state index is 12.7. The number of hydrogen-bond acceptors (Lipinski definition) is 4. The molecule has 0 bridgehead atoms. The van der Waals surface area contributed by atoms with Gasteiger partial charge in [-0.3, -0.25) is 4.98 Å². The van der Waals surface area contributed by atoms with E-state index in [1.54, 1.807) is 30.6 Å². The van der Waals surface area contributed by atoms with Gasteiger partial charge in [-0.25, -0.2) is 13.1 Å². The van der Waals surface area contributed by atoms with E-state index in [1.807, 2.05) is 19.1 Å². The molecule has 116 valence electrons. The zero-order valence-corrected chi connectivity index (χ0v) is 13.0. The average molecular weight is 318 g/mol. The summed E-state index contributed by atoms with van der Waals surface area (Å²) in [4.78, 5) is 4.33. The second-order valence-corrected chi connectivity index (χ2v) is 7.32. The molecule has 0 atom stereocenters. The Hall–Kier alpha value is -1.76. The SMILES string of the molecule is Cc1cccc(S(=O)(=O)NC2CC(O)C2)c1-c1cccnc1. The van der Waals surface area contributed by atoms with Crippen molar-refractivity contribution in [3.8, 4) is 11.1 Å². The molecule has 1 aliphatic rings. The third-order valence-corrected chi connectivity index (χ3v) is 5.47. The van der Waals surface area contributed by atoms with Crippen LogP contribution in [0, 0.1) is 6.92 Å². The Morgan fingerprint density at radius 1 is 1.23 bits per heavy atom. The van der Waals surface area contributed by atoms with E-state index in [1.165, 1.54) is 0 Å². The van der Waals surface area contributed by atoms with Gasteiger partial charge < -0.3 is 5.11 Å². The van der Waals surface area contributed by atoms with E-state index >= 15 is 0 Å². The van der Waals surface area contributed by atoms with Gasteiger partial charge in [-0.1, -0.05) is 18.2 Å². The number of sulfonamides is 1. The first-order valence-electron chi connectivity index (χ1n) is 7.18. The van der Waals surface area contributed by atoms with Crippen molar-refractivity contribution >= 4 is 10.0 Å². The highest BCUT2D eigenvalue weighted by molar-refractivity contribution is 7.89. The molecule has 1 aromatic heterocycles. The van der Waals surface area contributed by atoms with E-state index in [9.17, 15) is 13.5 Å². The number of aliphatic hydroxyl groups excluding tert-OH is 1. The molecular weight excluding hydrogens is 300 g/mol. The fraction of sp³-hybridized carbons (Fsp3) is 0.312. The van der Waals surface area contributed by atoms with E-state index < -0.39 is 16.1 Å². The molecule has 1 fully saturated rings. The van der Waals surface area contributed by atoms with Crippen molar-refractivity contribution in [2.24, 2.45) is 0 Å². The third kappa shape index (κ3) is 2.90. The van der Waals surface area contributed by atoms with Gasteiger partial charge in [0.15, 0.2) is 0 Å². The molecule has 0 radical (unpaired) electrons. The molecule has 1 aliphatic carbocycles. The van der Waals surface area contributed by atoms with Gasteiger partial charge in [-0.15, -0.1) is 0 Å². The molecule has 3 rings (SSSR count). The van der Waals surface area contributed by atoms with Gasteiger partial charge in [-0.05, 0) is 37.5 Å². The number of rotatable bonds is 4. The molecule has 6 heteroatoms. The highest BCUT2D eigenvalue weighted by atomic mass is 32.2. The fourth-order valence-electron chi connectivity index (χ4n) is 2.71. The fourth-order valence-corrected chi connectivity index (χ4v) is 4.28. The van der Waals surface area contributed by atoms with Crippen molar-refractivity contribution in [3.05, 3.63) is 48.3 Å². The van der Waals surface area contributed by atoms with Crippen LogP contribution in [0.4, 0.5) is 0 Å². The molecule has 0 saturated heterocycles. The Morgan fingerprint density at radius 2 is 2.00 bits per heavy atom. The Labute approximate surface area is 130 Å². The lowest BCUT2D eigenvalue weighted by Gasteiger charge is -2.32. The van der Waals surface area contributed by atoms with Gasteiger partial charge in [0.1, 0.15) is 0 Å². The van der Waals surface area contributed by atoms with Gasteiger partial charge in [0.05, 0.1) is 11.0 Å². The first kappa shape index (κ1) is 15.1. The first-order valence-corrected chi connectivity index (χ1v) is 8.66. The number of benzene rings is 1. The summed E-state index contributed by atoms with van der Waals surface area (Å²) >= 11 is 0. The largest absolute Gasteiger partial charge is 0.393 e. The zero-order chi connectivity index (χ0) is 15.7. The van der Waals surface area contributed by atoms with Crippen LogP contribution in [0.5, 0.6) is 0 Å². The smallest absolute Gasteiger partial charge is 0.241 e. The summed E-state index contributed by atoms with van der Waals surface area (Å²) in [6.45, 7) is 1.88. The molecule has 2 aromatic rings. The lowest BCUT2D eigenvalue weighted by Crippen LogP contribution is -2.46. The standard InChI is InChI=1S/C16H18N2O3S/c1-11-4-2-6-15(16(11)12-5-3-7-17-10-12)22(20,21)18-13-8-14(19)9-13/h2-7,10,13-14,18-19H,8-9H2,1H3. The minimum Gasteiger partial charge on any atom is -0.393 e. The summed E-state index contributed by atoms with van der Waals surface area (Å²) in [6.07, 6.45) is 3.85. The van der Waals surface area contributed by atoms with Crippen LogP contribution in [0.2, 0.25) is 0 Å². The van der Waals surface area contributed by atoms with E-state index in [0.717, 1.165) is 11.1 Å². The van der Waals surface area contributed by atoms with Crippen molar-refractivity contribution in [1.29, 1.82) is 0 Å². The first-order chi connectivity index (χ1) is 10.5. The predicted octanol–water partition coefficient (Wildman–Crippen LogP) is 1.86. The molecular formula is C16H18N2O3S. The van der Waals surface area contributed by atoms with E-state index in [0.29, 0.717) is 18.4 Å². The van der Waals surface area contributed by atoms with Crippen LogP contribution < -0.4 is 4.72 Å². The Bertz CT molecular complexity index is 769. The molecule has 1 saturated carbocycles. The summed E-state index contributed by atoms with van der Waals surface area (Å²) in [6, 6.07) is 8.66. The number of aryl methyl sites for hydroxylation is 1. The van der Waals surface area contributed by atoms with Crippen LogP contribution in [0.15, 0.2) is 47.6 Å². The van der Waals surface area contributed by atoms with Crippen LogP contribution in [0.25, 0.3) is 11.1 Å². The van der Waals surface area contributed by atoms with Crippen LogP contribution in [-0.4, -0.2) is 30.7 Å². The zero-order valence-electron chi connectivity index (χ0n) is 12.2. The molecule has 0 unspecified atom stereocenters. The van der Waals surface area contributed by atoms with Crippen molar-refractivity contribution in [1.82, 2.24) is 9.71 Å². The second kappa shape index (κ2) is 5.79. The van der Waals surface area contributed by atoms with Gasteiger partial charge >= 0.3 is 0 Å². The molecule has 22 heavy (non-hydrogen) atoms. The van der Waals surface area contributed by atoms with Gasteiger partial charge in [0, 0.05) is 29.6 Å². The average Bonchev–Trinajstić information content (AvgIpc) is 2.46. The third-order valence-electron chi connectivity index (χ3n) is 3.91. The summed E-state index contributed by atoms with van der Waals surface area (Å²) in [5.74, 6) is 0. The van der Waals surface area contributed by atoms with Crippen molar-refractivity contribution in [2.45, 2.75) is 36.8 Å². The van der Waals surface area contributed by atoms with Gasteiger partial charge in [0.2, 0.25) is 10.0 Å². The number of hydrogen-bond donors (Lipinski definition) is 2. The second-order valence-electron chi connectivity index (χ2n) is 5.63. The summed E-state index contributed by atoms with van der Waals surface area (Å²) in [7, 11) is -3.63. The molecule has 0 amide bonds. The summed E-state index contributed by atoms with van der Waals surface area (Å²) < 4.78 is 28.0. The van der Waals surface area contributed by atoms with E-state index in [2.05, 4.69) is 9.71 Å². The molecule has 2 N–H and O–H groups in total. The van der Waals surface area contributed by atoms with Crippen LogP contribution >= 0.6 is 0 Å². The van der Waals surface area contributed by atoms with Gasteiger partial charge in [-0.2, -0.15) is 0 Å². The minimum atomic E-state index is -3.63. The maximum atomic E-state index is 12.7. The number of nitrogens with zero attached hydrogens (tertiary/aromatic N) is 1. The number of pyridine rings is 1. The molecule has 1 heterocycles. The lowest BCUT2D eigenvalue weighted by atomic mass is 9.91. The lowest BCUT2D eigenvalue weighted by molar-refractivity contribution is 0.0712. The number of aliphatic hydroxyl groups is 1. The minimum absolute atomic E-state index is 0.192. The highest BCUT2D eigenvalue weighted by Gasteiger charge is 2.32. The van der Waals surface area contributed by atoms with E-state index in [4.69, 9.17) is 0 Å². The molecule has 5 nitrogen and oxygen atoms in total. The molecule has 0 aliphatic heterocycles. The van der Waals surface area contributed by atoms with Crippen LogP contribution in [0.3, 0.4) is 0 Å². The van der Waals surface area contributed by atoms with Crippen molar-refractivity contribution < 1.29 is 13.5 Å². The predicted molar refractivity (Wildman–Crippen MR) is 83.8 cm³/mol. The number of aromatic nitrogens is 1. The normalized spacial score (nSPS) is 21.4.